The van der Waals surface area contributed by atoms with Gasteiger partial charge in [0.05, 0.1) is 17.5 Å². The van der Waals surface area contributed by atoms with Gasteiger partial charge in [-0.15, -0.1) is 11.3 Å². The number of methoxy groups -OCH3 is 1. The number of ether oxygens (including phenoxy) is 1. The quantitative estimate of drug-likeness (QED) is 0.826. The highest BCUT2D eigenvalue weighted by atomic mass is 32.1. The Bertz CT molecular complexity index is 729. The standard InChI is InChI=1S/C19H24N4O2S/c1-25-13-15-12-19(14-23(15)18-20-7-3-8-21-18)5-9-22(10-6-19)17(24)16-4-2-11-26-16/h2-4,7-8,11,15H,5-6,9-10,12-14H2,1H3. The van der Waals surface area contributed by atoms with Crippen LogP contribution in [0.5, 0.6) is 0 Å². The van der Waals surface area contributed by atoms with Crippen LogP contribution in [0.4, 0.5) is 5.95 Å². The summed E-state index contributed by atoms with van der Waals surface area (Å²) in [5, 5.41) is 1.96. The van der Waals surface area contributed by atoms with E-state index in [2.05, 4.69) is 14.9 Å². The molecule has 138 valence electrons. The molecule has 2 saturated heterocycles. The maximum absolute atomic E-state index is 12.6. The normalized spacial score (nSPS) is 22.1. The Morgan fingerprint density at radius 3 is 2.73 bits per heavy atom. The second-order valence-corrected chi connectivity index (χ2v) is 8.21. The summed E-state index contributed by atoms with van der Waals surface area (Å²) in [6.45, 7) is 3.25. The molecular formula is C19H24N4O2S. The minimum absolute atomic E-state index is 0.171. The minimum Gasteiger partial charge on any atom is -0.383 e. The minimum atomic E-state index is 0.171. The molecule has 2 aromatic heterocycles. The molecule has 0 bridgehead atoms. The Labute approximate surface area is 157 Å². The number of amides is 1. The predicted octanol–water partition coefficient (Wildman–Crippen LogP) is 2.69. The number of carbonyl (C=O) groups excluding carboxylic acids is 1. The summed E-state index contributed by atoms with van der Waals surface area (Å²) in [6, 6.07) is 5.99. The number of piperidine rings is 1. The van der Waals surface area contributed by atoms with Crippen molar-refractivity contribution in [3.05, 3.63) is 40.8 Å². The first-order valence-corrected chi connectivity index (χ1v) is 9.94. The lowest BCUT2D eigenvalue weighted by atomic mass is 9.76. The van der Waals surface area contributed by atoms with E-state index < -0.39 is 0 Å². The number of rotatable bonds is 4. The van der Waals surface area contributed by atoms with E-state index in [1.807, 2.05) is 28.5 Å². The zero-order chi connectivity index (χ0) is 18.0. The van der Waals surface area contributed by atoms with Crippen molar-refractivity contribution in [1.29, 1.82) is 0 Å². The number of carbonyl (C=O) groups is 1. The Hall–Kier alpha value is -1.99. The maximum atomic E-state index is 12.6. The van der Waals surface area contributed by atoms with E-state index >= 15 is 0 Å². The third-order valence-corrected chi connectivity index (χ3v) is 6.48. The predicted molar refractivity (Wildman–Crippen MR) is 102 cm³/mol. The summed E-state index contributed by atoms with van der Waals surface area (Å²) in [5.74, 6) is 0.952. The van der Waals surface area contributed by atoms with Gasteiger partial charge < -0.3 is 14.5 Å². The van der Waals surface area contributed by atoms with Crippen LogP contribution in [0.15, 0.2) is 36.0 Å². The highest BCUT2D eigenvalue weighted by molar-refractivity contribution is 7.12. The van der Waals surface area contributed by atoms with E-state index in [1.54, 1.807) is 19.5 Å². The van der Waals surface area contributed by atoms with Gasteiger partial charge in [0, 0.05) is 39.1 Å². The topological polar surface area (TPSA) is 58.6 Å². The van der Waals surface area contributed by atoms with Gasteiger partial charge in [-0.2, -0.15) is 0 Å². The SMILES string of the molecule is COCC1CC2(CCN(C(=O)c3cccs3)CC2)CN1c1ncccn1. The molecule has 2 aliphatic rings. The van der Waals surface area contributed by atoms with Gasteiger partial charge in [0.15, 0.2) is 0 Å². The van der Waals surface area contributed by atoms with Crippen molar-refractivity contribution in [2.45, 2.75) is 25.3 Å². The second-order valence-electron chi connectivity index (χ2n) is 7.26. The van der Waals surface area contributed by atoms with Crippen molar-refractivity contribution in [2.75, 3.05) is 38.3 Å². The molecule has 1 amide bonds. The van der Waals surface area contributed by atoms with E-state index in [-0.39, 0.29) is 11.3 Å². The van der Waals surface area contributed by atoms with Gasteiger partial charge in [-0.1, -0.05) is 6.07 Å². The molecule has 0 aromatic carbocycles. The Morgan fingerprint density at radius 1 is 1.31 bits per heavy atom. The molecule has 1 atom stereocenters. The molecule has 2 aromatic rings. The van der Waals surface area contributed by atoms with Crippen LogP contribution in [0.2, 0.25) is 0 Å². The third kappa shape index (κ3) is 3.33. The summed E-state index contributed by atoms with van der Waals surface area (Å²) in [6.07, 6.45) is 6.69. The lowest BCUT2D eigenvalue weighted by Gasteiger charge is -2.39. The van der Waals surface area contributed by atoms with Crippen molar-refractivity contribution in [1.82, 2.24) is 14.9 Å². The van der Waals surface area contributed by atoms with Gasteiger partial charge >= 0.3 is 0 Å². The second kappa shape index (κ2) is 7.32. The lowest BCUT2D eigenvalue weighted by molar-refractivity contribution is 0.0603. The summed E-state index contributed by atoms with van der Waals surface area (Å²) < 4.78 is 5.46. The maximum Gasteiger partial charge on any atom is 0.263 e. The Balaban J connectivity index is 1.46. The molecular weight excluding hydrogens is 348 g/mol. The van der Waals surface area contributed by atoms with Crippen molar-refractivity contribution in [2.24, 2.45) is 5.41 Å². The smallest absolute Gasteiger partial charge is 0.263 e. The highest BCUT2D eigenvalue weighted by Crippen LogP contribution is 2.44. The van der Waals surface area contributed by atoms with Gasteiger partial charge in [0.2, 0.25) is 5.95 Å². The van der Waals surface area contributed by atoms with Crippen LogP contribution in [0.3, 0.4) is 0 Å². The Kier molecular flexibility index (Phi) is 4.91. The molecule has 1 spiro atoms. The highest BCUT2D eigenvalue weighted by Gasteiger charge is 2.46. The van der Waals surface area contributed by atoms with Gasteiger partial charge in [-0.05, 0) is 42.2 Å². The van der Waals surface area contributed by atoms with E-state index in [9.17, 15) is 4.79 Å². The molecule has 1 unspecified atom stereocenters. The van der Waals surface area contributed by atoms with E-state index in [0.717, 1.165) is 49.7 Å². The molecule has 2 fully saturated rings. The van der Waals surface area contributed by atoms with Crippen LogP contribution < -0.4 is 4.90 Å². The van der Waals surface area contributed by atoms with E-state index in [1.165, 1.54) is 11.3 Å². The number of anilines is 1. The number of hydrogen-bond acceptors (Lipinski definition) is 6. The first kappa shape index (κ1) is 17.4. The average Bonchev–Trinajstić information content (AvgIpc) is 3.32. The van der Waals surface area contributed by atoms with Crippen molar-refractivity contribution < 1.29 is 9.53 Å². The fourth-order valence-electron chi connectivity index (χ4n) is 4.28. The number of thiophene rings is 1. The van der Waals surface area contributed by atoms with Gasteiger partial charge in [-0.25, -0.2) is 9.97 Å². The first-order valence-electron chi connectivity index (χ1n) is 9.06. The molecule has 0 radical (unpaired) electrons. The van der Waals surface area contributed by atoms with Gasteiger partial charge in [0.1, 0.15) is 0 Å². The molecule has 6 nitrogen and oxygen atoms in total. The van der Waals surface area contributed by atoms with Crippen LogP contribution >= 0.6 is 11.3 Å². The summed E-state index contributed by atoms with van der Waals surface area (Å²) in [7, 11) is 1.75. The van der Waals surface area contributed by atoms with E-state index in [4.69, 9.17) is 4.74 Å². The van der Waals surface area contributed by atoms with Crippen molar-refractivity contribution in [3.8, 4) is 0 Å². The molecule has 26 heavy (non-hydrogen) atoms. The molecule has 0 N–H and O–H groups in total. The lowest BCUT2D eigenvalue weighted by Crippen LogP contribution is -2.44. The number of aromatic nitrogens is 2. The fraction of sp³-hybridized carbons (Fsp3) is 0.526. The molecule has 4 heterocycles. The summed E-state index contributed by atoms with van der Waals surface area (Å²) >= 11 is 1.52. The molecule has 2 aliphatic heterocycles. The average molecular weight is 372 g/mol. The third-order valence-electron chi connectivity index (χ3n) is 5.63. The zero-order valence-electron chi connectivity index (χ0n) is 15.0. The monoisotopic (exact) mass is 372 g/mol. The first-order chi connectivity index (χ1) is 12.7. The fourth-order valence-corrected chi connectivity index (χ4v) is 4.97. The van der Waals surface area contributed by atoms with Crippen LogP contribution in [-0.2, 0) is 4.74 Å². The van der Waals surface area contributed by atoms with Crippen molar-refractivity contribution >= 4 is 23.2 Å². The Morgan fingerprint density at radius 2 is 2.08 bits per heavy atom. The number of hydrogen-bond donors (Lipinski definition) is 0. The van der Waals surface area contributed by atoms with Gasteiger partial charge in [-0.3, -0.25) is 4.79 Å². The van der Waals surface area contributed by atoms with Crippen molar-refractivity contribution in [3.63, 3.8) is 0 Å². The molecule has 7 heteroatoms. The van der Waals surface area contributed by atoms with Crippen LogP contribution in [0, 0.1) is 5.41 Å². The molecule has 0 saturated carbocycles. The number of nitrogens with zero attached hydrogens (tertiary/aromatic N) is 4. The zero-order valence-corrected chi connectivity index (χ0v) is 15.8. The van der Waals surface area contributed by atoms with E-state index in [0.29, 0.717) is 12.6 Å². The van der Waals surface area contributed by atoms with Crippen LogP contribution in [-0.4, -0.2) is 60.2 Å². The number of likely N-dealkylation sites (tertiary alicyclic amines) is 1. The molecule has 4 rings (SSSR count). The van der Waals surface area contributed by atoms with Crippen LogP contribution in [0.1, 0.15) is 28.9 Å². The van der Waals surface area contributed by atoms with Crippen LogP contribution in [0.25, 0.3) is 0 Å². The largest absolute Gasteiger partial charge is 0.383 e. The summed E-state index contributed by atoms with van der Waals surface area (Å²) in [4.78, 5) is 26.6. The van der Waals surface area contributed by atoms with Gasteiger partial charge in [0.25, 0.3) is 5.91 Å². The molecule has 0 aliphatic carbocycles. The summed E-state index contributed by atoms with van der Waals surface area (Å²) in [5.41, 5.74) is 0.217.